The topological polar surface area (TPSA) is 43.3 Å². The molecule has 1 N–H and O–H groups in total. The second-order valence-electron chi connectivity index (χ2n) is 5.14. The molecule has 0 radical (unpaired) electrons. The van der Waals surface area contributed by atoms with Gasteiger partial charge in [0.25, 0.3) is 5.91 Å². The number of carbonyl (C=O) groups is 1. The Morgan fingerprint density at radius 2 is 2.35 bits per heavy atom. The number of aryl methyl sites for hydroxylation is 1. The van der Waals surface area contributed by atoms with E-state index < -0.39 is 0 Å². The van der Waals surface area contributed by atoms with E-state index in [4.69, 9.17) is 16.3 Å². The number of nitrogens with one attached hydrogen (secondary N) is 1. The van der Waals surface area contributed by atoms with Gasteiger partial charge in [0.1, 0.15) is 5.69 Å². The number of ether oxygens (including phenoxy) is 1. The number of hydrogen-bond acceptors (Lipinski definition) is 2. The van der Waals surface area contributed by atoms with Crippen molar-refractivity contribution in [1.29, 1.82) is 0 Å². The first-order valence-electron chi connectivity index (χ1n) is 6.80. The van der Waals surface area contributed by atoms with Gasteiger partial charge in [-0.15, -0.1) is 0 Å². The van der Waals surface area contributed by atoms with E-state index in [0.717, 1.165) is 30.4 Å². The Balaban J connectivity index is 1.78. The minimum atomic E-state index is -0.0738. The molecule has 4 nitrogen and oxygen atoms in total. The first-order valence-corrected chi connectivity index (χ1v) is 7.18. The van der Waals surface area contributed by atoms with Crippen LogP contribution in [-0.4, -0.2) is 29.7 Å². The Hall–Kier alpha value is -1.52. The molecule has 1 atom stereocenters. The maximum Gasteiger partial charge on any atom is 0.268 e. The number of hydrogen-bond donors (Lipinski definition) is 1. The zero-order valence-corrected chi connectivity index (χ0v) is 12.1. The first kappa shape index (κ1) is 13.5. The van der Waals surface area contributed by atoms with Gasteiger partial charge in [-0.1, -0.05) is 11.6 Å². The summed E-state index contributed by atoms with van der Waals surface area (Å²) in [4.78, 5) is 12.3. The van der Waals surface area contributed by atoms with Gasteiger partial charge in [-0.2, -0.15) is 0 Å². The molecule has 1 aromatic heterocycles. The molecule has 5 heteroatoms. The Morgan fingerprint density at radius 1 is 1.50 bits per heavy atom. The third-order valence-corrected chi connectivity index (χ3v) is 3.99. The average Bonchev–Trinajstić information content (AvgIpc) is 3.04. The van der Waals surface area contributed by atoms with E-state index in [2.05, 4.69) is 5.32 Å². The third kappa shape index (κ3) is 2.53. The van der Waals surface area contributed by atoms with Crippen molar-refractivity contribution >= 4 is 28.4 Å². The van der Waals surface area contributed by atoms with Crippen LogP contribution in [0.2, 0.25) is 5.02 Å². The second kappa shape index (κ2) is 5.46. The molecule has 0 aliphatic carbocycles. The van der Waals surface area contributed by atoms with E-state index in [1.807, 2.05) is 35.9 Å². The molecule has 1 saturated heterocycles. The van der Waals surface area contributed by atoms with Crippen molar-refractivity contribution in [2.45, 2.75) is 18.9 Å². The molecule has 1 amide bonds. The molecule has 2 aromatic rings. The van der Waals surface area contributed by atoms with Crippen LogP contribution in [0.25, 0.3) is 10.9 Å². The maximum absolute atomic E-state index is 12.3. The highest BCUT2D eigenvalue weighted by Crippen LogP contribution is 2.22. The van der Waals surface area contributed by atoms with Crippen LogP contribution >= 0.6 is 11.6 Å². The summed E-state index contributed by atoms with van der Waals surface area (Å²) < 4.78 is 7.39. The van der Waals surface area contributed by atoms with Crippen LogP contribution in [0.4, 0.5) is 0 Å². The fraction of sp³-hybridized carbons (Fsp3) is 0.400. The normalized spacial score (nSPS) is 18.6. The van der Waals surface area contributed by atoms with Gasteiger partial charge in [0.05, 0.1) is 6.10 Å². The summed E-state index contributed by atoms with van der Waals surface area (Å²) in [6, 6.07) is 7.49. The van der Waals surface area contributed by atoms with E-state index >= 15 is 0 Å². The van der Waals surface area contributed by atoms with Gasteiger partial charge in [-0.25, -0.2) is 0 Å². The fourth-order valence-electron chi connectivity index (χ4n) is 2.64. The lowest BCUT2D eigenvalue weighted by molar-refractivity contribution is 0.0851. The molecule has 0 bridgehead atoms. The van der Waals surface area contributed by atoms with Crippen LogP contribution in [0, 0.1) is 0 Å². The van der Waals surface area contributed by atoms with Crippen molar-refractivity contribution in [3.63, 3.8) is 0 Å². The van der Waals surface area contributed by atoms with Gasteiger partial charge in [0.2, 0.25) is 0 Å². The predicted molar refractivity (Wildman–Crippen MR) is 79.2 cm³/mol. The highest BCUT2D eigenvalue weighted by molar-refractivity contribution is 6.31. The molecule has 1 aliphatic heterocycles. The number of carbonyl (C=O) groups excluding carboxylic acids is 1. The standard InChI is InChI=1S/C15H17ClN2O2/c1-18-13-5-4-11(16)7-10(13)8-14(18)15(19)17-9-12-3-2-6-20-12/h4-5,7-8,12H,2-3,6,9H2,1H3,(H,17,19). The summed E-state index contributed by atoms with van der Waals surface area (Å²) in [7, 11) is 1.89. The molecule has 106 valence electrons. The van der Waals surface area contributed by atoms with Gasteiger partial charge < -0.3 is 14.6 Å². The monoisotopic (exact) mass is 292 g/mol. The molecular weight excluding hydrogens is 276 g/mol. The fourth-order valence-corrected chi connectivity index (χ4v) is 2.82. The molecule has 1 fully saturated rings. The zero-order valence-electron chi connectivity index (χ0n) is 11.4. The lowest BCUT2D eigenvalue weighted by Crippen LogP contribution is -2.32. The number of aromatic nitrogens is 1. The van der Waals surface area contributed by atoms with E-state index in [0.29, 0.717) is 17.3 Å². The van der Waals surface area contributed by atoms with Crippen molar-refractivity contribution in [3.8, 4) is 0 Å². The third-order valence-electron chi connectivity index (χ3n) is 3.75. The molecule has 1 aliphatic rings. The molecule has 1 aromatic carbocycles. The lowest BCUT2D eigenvalue weighted by atomic mass is 10.2. The number of rotatable bonds is 3. The van der Waals surface area contributed by atoms with Crippen molar-refractivity contribution in [2.75, 3.05) is 13.2 Å². The minimum absolute atomic E-state index is 0.0738. The number of halogens is 1. The molecule has 20 heavy (non-hydrogen) atoms. The Kier molecular flexibility index (Phi) is 3.68. The largest absolute Gasteiger partial charge is 0.376 e. The number of nitrogens with zero attached hydrogens (tertiary/aromatic N) is 1. The molecule has 2 heterocycles. The Labute approximate surface area is 122 Å². The summed E-state index contributed by atoms with van der Waals surface area (Å²) in [5.41, 5.74) is 1.64. The van der Waals surface area contributed by atoms with E-state index in [1.54, 1.807) is 0 Å². The Morgan fingerprint density at radius 3 is 3.10 bits per heavy atom. The van der Waals surface area contributed by atoms with Crippen LogP contribution in [0.3, 0.4) is 0 Å². The molecule has 0 spiro atoms. The van der Waals surface area contributed by atoms with Gasteiger partial charge in [-0.3, -0.25) is 4.79 Å². The molecular formula is C15H17ClN2O2. The zero-order chi connectivity index (χ0) is 14.1. The van der Waals surface area contributed by atoms with E-state index in [-0.39, 0.29) is 12.0 Å². The highest BCUT2D eigenvalue weighted by atomic mass is 35.5. The van der Waals surface area contributed by atoms with Crippen LogP contribution in [-0.2, 0) is 11.8 Å². The average molecular weight is 293 g/mol. The van der Waals surface area contributed by atoms with E-state index in [1.165, 1.54) is 0 Å². The quantitative estimate of drug-likeness (QED) is 0.945. The summed E-state index contributed by atoms with van der Waals surface area (Å²) in [5.74, 6) is -0.0738. The van der Waals surface area contributed by atoms with Crippen LogP contribution in [0.15, 0.2) is 24.3 Å². The van der Waals surface area contributed by atoms with E-state index in [9.17, 15) is 4.79 Å². The lowest BCUT2D eigenvalue weighted by Gasteiger charge is -2.11. The van der Waals surface area contributed by atoms with Crippen molar-refractivity contribution < 1.29 is 9.53 Å². The summed E-state index contributed by atoms with van der Waals surface area (Å²) in [6.07, 6.45) is 2.25. The smallest absolute Gasteiger partial charge is 0.268 e. The maximum atomic E-state index is 12.3. The number of benzene rings is 1. The minimum Gasteiger partial charge on any atom is -0.376 e. The summed E-state index contributed by atoms with van der Waals surface area (Å²) in [5, 5.41) is 4.59. The van der Waals surface area contributed by atoms with Crippen LogP contribution in [0.5, 0.6) is 0 Å². The van der Waals surface area contributed by atoms with Crippen LogP contribution < -0.4 is 5.32 Å². The van der Waals surface area contributed by atoms with Gasteiger partial charge >= 0.3 is 0 Å². The van der Waals surface area contributed by atoms with Crippen LogP contribution in [0.1, 0.15) is 23.3 Å². The SMILES string of the molecule is Cn1c(C(=O)NCC2CCCO2)cc2cc(Cl)ccc21. The van der Waals surface area contributed by atoms with Gasteiger partial charge in [-0.05, 0) is 37.1 Å². The first-order chi connectivity index (χ1) is 9.65. The predicted octanol–water partition coefficient (Wildman–Crippen LogP) is 2.74. The summed E-state index contributed by atoms with van der Waals surface area (Å²) in [6.45, 7) is 1.37. The molecule has 1 unspecified atom stereocenters. The number of amides is 1. The molecule has 0 saturated carbocycles. The second-order valence-corrected chi connectivity index (χ2v) is 5.57. The Bertz CT molecular complexity index is 645. The summed E-state index contributed by atoms with van der Waals surface area (Å²) >= 11 is 5.98. The van der Waals surface area contributed by atoms with Crippen molar-refractivity contribution in [1.82, 2.24) is 9.88 Å². The van der Waals surface area contributed by atoms with Crippen molar-refractivity contribution in [2.24, 2.45) is 7.05 Å². The molecule has 3 rings (SSSR count). The van der Waals surface area contributed by atoms with Crippen molar-refractivity contribution in [3.05, 3.63) is 35.0 Å². The van der Waals surface area contributed by atoms with Gasteiger partial charge in [0.15, 0.2) is 0 Å². The van der Waals surface area contributed by atoms with Gasteiger partial charge in [0, 0.05) is 36.1 Å². The highest BCUT2D eigenvalue weighted by Gasteiger charge is 2.18. The number of fused-ring (bicyclic) bond motifs is 1.